The summed E-state index contributed by atoms with van der Waals surface area (Å²) >= 11 is 0. The normalized spacial score (nSPS) is 12.3. The first-order valence-corrected chi connectivity index (χ1v) is 8.17. The quantitative estimate of drug-likeness (QED) is 0.260. The Bertz CT molecular complexity index is 1350. The van der Waals surface area contributed by atoms with Crippen LogP contribution in [0.2, 0.25) is 0 Å². The van der Waals surface area contributed by atoms with Crippen LogP contribution in [0.15, 0.2) is 77.6 Å². The van der Waals surface area contributed by atoms with E-state index in [1.807, 2.05) is 24.3 Å². The van der Waals surface area contributed by atoms with Crippen molar-refractivity contribution in [1.82, 2.24) is 0 Å². The monoisotopic (exact) mass is 304 g/mol. The molecule has 6 aromatic carbocycles. The lowest BCUT2D eigenvalue weighted by Gasteiger charge is -2.10. The lowest BCUT2D eigenvalue weighted by Crippen LogP contribution is -1.92. The Kier molecular flexibility index (Phi) is 2.05. The van der Waals surface area contributed by atoms with E-state index in [1.54, 1.807) is 0 Å². The highest BCUT2D eigenvalue weighted by Gasteiger charge is 2.18. The maximum Gasteiger partial charge on any atom is 0.194 e. The second-order valence-corrected chi connectivity index (χ2v) is 6.53. The molecule has 0 saturated carbocycles. The molecule has 0 fully saturated rings. The predicted molar refractivity (Wildman–Crippen MR) is 103 cm³/mol. The Morgan fingerprint density at radius 2 is 0.917 bits per heavy atom. The van der Waals surface area contributed by atoms with Gasteiger partial charge in [-0.3, -0.25) is 4.79 Å². The molecule has 1 nitrogen and oxygen atoms in total. The van der Waals surface area contributed by atoms with Crippen LogP contribution in [0.25, 0.3) is 53.9 Å². The van der Waals surface area contributed by atoms with Crippen LogP contribution in [-0.2, 0) is 0 Å². The fourth-order valence-corrected chi connectivity index (χ4v) is 4.30. The molecular weight excluding hydrogens is 292 g/mol. The van der Waals surface area contributed by atoms with E-state index in [2.05, 4.69) is 48.5 Å². The van der Waals surface area contributed by atoms with Crippen molar-refractivity contribution in [2.45, 2.75) is 0 Å². The Hall–Kier alpha value is -3.19. The molecule has 0 saturated heterocycles. The molecule has 6 aromatic rings. The molecule has 0 bridgehead atoms. The average Bonchev–Trinajstić information content (AvgIpc) is 2.93. The largest absolute Gasteiger partial charge is 0.289 e. The van der Waals surface area contributed by atoms with Gasteiger partial charge in [0, 0.05) is 21.5 Å². The Morgan fingerprint density at radius 3 is 1.42 bits per heavy atom. The van der Waals surface area contributed by atoms with E-state index < -0.39 is 0 Å². The van der Waals surface area contributed by atoms with Crippen LogP contribution in [0.4, 0.5) is 0 Å². The molecule has 0 aliphatic heterocycles. The van der Waals surface area contributed by atoms with Crippen LogP contribution in [0.5, 0.6) is 0 Å². The van der Waals surface area contributed by atoms with Gasteiger partial charge in [0.25, 0.3) is 0 Å². The minimum absolute atomic E-state index is 0.154. The molecule has 0 aliphatic rings. The van der Waals surface area contributed by atoms with Gasteiger partial charge in [0.2, 0.25) is 0 Å². The molecule has 0 aromatic heterocycles. The van der Waals surface area contributed by atoms with Gasteiger partial charge in [0.1, 0.15) is 0 Å². The molecule has 0 amide bonds. The predicted octanol–water partition coefficient (Wildman–Crippen LogP) is 5.69. The molecule has 24 heavy (non-hydrogen) atoms. The molecule has 1 heteroatoms. The number of rotatable bonds is 0. The van der Waals surface area contributed by atoms with E-state index in [9.17, 15) is 4.79 Å². The van der Waals surface area contributed by atoms with E-state index in [0.29, 0.717) is 0 Å². The van der Waals surface area contributed by atoms with Gasteiger partial charge in [-0.25, -0.2) is 0 Å². The summed E-state index contributed by atoms with van der Waals surface area (Å²) in [6.07, 6.45) is 0. The maximum atomic E-state index is 12.8. The van der Waals surface area contributed by atoms with E-state index in [-0.39, 0.29) is 5.43 Å². The molecule has 0 spiro atoms. The van der Waals surface area contributed by atoms with E-state index in [1.165, 1.54) is 32.3 Å². The van der Waals surface area contributed by atoms with Crippen molar-refractivity contribution in [3.63, 3.8) is 0 Å². The summed E-state index contributed by atoms with van der Waals surface area (Å²) in [5, 5.41) is 11.2. The minimum atomic E-state index is 0.154. The fourth-order valence-electron chi connectivity index (χ4n) is 4.30. The van der Waals surface area contributed by atoms with Crippen molar-refractivity contribution in [2.75, 3.05) is 0 Å². The zero-order valence-corrected chi connectivity index (χ0v) is 12.8. The summed E-state index contributed by atoms with van der Waals surface area (Å²) in [5.74, 6) is 0. The molecule has 0 radical (unpaired) electrons. The van der Waals surface area contributed by atoms with Crippen molar-refractivity contribution < 1.29 is 0 Å². The molecule has 0 N–H and O–H groups in total. The fraction of sp³-hybridized carbons (Fsp3) is 0. The van der Waals surface area contributed by atoms with E-state index in [4.69, 9.17) is 0 Å². The van der Waals surface area contributed by atoms with Crippen molar-refractivity contribution in [2.24, 2.45) is 0 Å². The molecule has 0 heterocycles. The zero-order chi connectivity index (χ0) is 15.8. The van der Waals surface area contributed by atoms with Crippen molar-refractivity contribution in [3.8, 4) is 0 Å². The topological polar surface area (TPSA) is 17.1 Å². The van der Waals surface area contributed by atoms with Gasteiger partial charge >= 0.3 is 0 Å². The number of fused-ring (bicyclic) bond motifs is 4. The van der Waals surface area contributed by atoms with Gasteiger partial charge in [-0.05, 0) is 44.5 Å². The van der Waals surface area contributed by atoms with Gasteiger partial charge in [0.15, 0.2) is 5.43 Å². The second-order valence-electron chi connectivity index (χ2n) is 6.53. The first-order valence-electron chi connectivity index (χ1n) is 8.17. The van der Waals surface area contributed by atoms with Gasteiger partial charge < -0.3 is 0 Å². The van der Waals surface area contributed by atoms with Crippen molar-refractivity contribution >= 4 is 53.9 Å². The molecule has 0 aliphatic carbocycles. The summed E-state index contributed by atoms with van der Waals surface area (Å²) in [6, 6.07) is 25.2. The highest BCUT2D eigenvalue weighted by atomic mass is 16.1. The smallest absolute Gasteiger partial charge is 0.194 e. The highest BCUT2D eigenvalue weighted by Crippen LogP contribution is 2.41. The summed E-state index contributed by atoms with van der Waals surface area (Å²) in [5.41, 5.74) is 0.154. The summed E-state index contributed by atoms with van der Waals surface area (Å²) < 4.78 is 0. The van der Waals surface area contributed by atoms with Crippen molar-refractivity contribution in [1.29, 1.82) is 0 Å². The maximum absolute atomic E-state index is 12.8. The minimum Gasteiger partial charge on any atom is -0.289 e. The van der Waals surface area contributed by atoms with Crippen LogP contribution >= 0.6 is 0 Å². The van der Waals surface area contributed by atoms with Crippen LogP contribution in [0, 0.1) is 0 Å². The van der Waals surface area contributed by atoms with E-state index >= 15 is 0 Å². The van der Waals surface area contributed by atoms with Gasteiger partial charge in [-0.15, -0.1) is 0 Å². The molecule has 0 unspecified atom stereocenters. The Balaban J connectivity index is 2.09. The molecule has 110 valence electrons. The summed E-state index contributed by atoms with van der Waals surface area (Å²) in [6.45, 7) is 0. The third kappa shape index (κ3) is 1.30. The Labute approximate surface area is 137 Å². The second kappa shape index (κ2) is 4.01. The number of benzene rings is 5. The van der Waals surface area contributed by atoms with Crippen molar-refractivity contribution in [3.05, 3.63) is 83.0 Å². The molecular formula is C23H12O. The van der Waals surface area contributed by atoms with Crippen LogP contribution < -0.4 is 5.43 Å². The first kappa shape index (κ1) is 12.3. The van der Waals surface area contributed by atoms with Gasteiger partial charge in [-0.1, -0.05) is 60.7 Å². The standard InChI is InChI=1S/C23H12O/c24-23-17-9-3-7-15-19-11-13-5-1-2-6-14(13)12-20(19)16-8-4-10-18(23)22(16)21(15)17/h1-12H. The molecule has 6 rings (SSSR count). The van der Waals surface area contributed by atoms with Gasteiger partial charge in [0.05, 0.1) is 0 Å². The SMILES string of the molecule is O=c1c2cccc3c4cc5ccccc5cc4c4cccc1c4c23. The summed E-state index contributed by atoms with van der Waals surface area (Å²) in [7, 11) is 0. The molecule has 0 atom stereocenters. The number of hydrogen-bond acceptors (Lipinski definition) is 1. The van der Waals surface area contributed by atoms with Crippen LogP contribution in [0.1, 0.15) is 0 Å². The zero-order valence-electron chi connectivity index (χ0n) is 12.8. The third-order valence-corrected chi connectivity index (χ3v) is 5.33. The third-order valence-electron chi connectivity index (χ3n) is 5.33. The highest BCUT2D eigenvalue weighted by molar-refractivity contribution is 6.36. The van der Waals surface area contributed by atoms with Crippen LogP contribution in [-0.4, -0.2) is 0 Å². The first-order chi connectivity index (χ1) is 11.8. The van der Waals surface area contributed by atoms with Gasteiger partial charge in [-0.2, -0.15) is 0 Å². The Morgan fingerprint density at radius 1 is 0.458 bits per heavy atom. The summed E-state index contributed by atoms with van der Waals surface area (Å²) in [4.78, 5) is 12.8. The van der Waals surface area contributed by atoms with Crippen LogP contribution in [0.3, 0.4) is 0 Å². The van der Waals surface area contributed by atoms with E-state index in [0.717, 1.165) is 21.5 Å². The lowest BCUT2D eigenvalue weighted by molar-refractivity contribution is 1.80. The average molecular weight is 304 g/mol. The number of hydrogen-bond donors (Lipinski definition) is 0. The lowest BCUT2D eigenvalue weighted by atomic mass is 9.92.